The van der Waals surface area contributed by atoms with Gasteiger partial charge in [-0.25, -0.2) is 13.1 Å². The van der Waals surface area contributed by atoms with Gasteiger partial charge in [-0.1, -0.05) is 6.08 Å². The fourth-order valence-corrected chi connectivity index (χ4v) is 2.39. The molecule has 0 aliphatic carbocycles. The van der Waals surface area contributed by atoms with Crippen LogP contribution in [-0.4, -0.2) is 38.6 Å². The van der Waals surface area contributed by atoms with Crippen LogP contribution in [-0.2, 0) is 10.0 Å². The number of aliphatic hydroxyl groups is 1. The number of rotatable bonds is 7. The highest BCUT2D eigenvalue weighted by molar-refractivity contribution is 7.89. The van der Waals surface area contributed by atoms with Gasteiger partial charge >= 0.3 is 0 Å². The zero-order valence-corrected chi connectivity index (χ0v) is 12.0. The second-order valence-electron chi connectivity index (χ2n) is 4.22. The fraction of sp³-hybridized carbons (Fsp3) is 0.308. The van der Waals surface area contributed by atoms with E-state index < -0.39 is 10.0 Å². The predicted octanol–water partition coefficient (Wildman–Crippen LogP) is 0.262. The van der Waals surface area contributed by atoms with E-state index in [9.17, 15) is 13.2 Å². The Hall–Kier alpha value is -1.70. The first-order chi connectivity index (χ1) is 9.40. The minimum Gasteiger partial charge on any atom is -0.394 e. The highest BCUT2D eigenvalue weighted by Crippen LogP contribution is 2.10. The minimum absolute atomic E-state index is 0.0751. The van der Waals surface area contributed by atoms with Crippen LogP contribution in [0.4, 0.5) is 0 Å². The van der Waals surface area contributed by atoms with Crippen LogP contribution in [0.15, 0.2) is 41.8 Å². The molecule has 0 saturated heterocycles. The molecule has 20 heavy (non-hydrogen) atoms. The lowest BCUT2D eigenvalue weighted by molar-refractivity contribution is 0.0922. The van der Waals surface area contributed by atoms with Crippen LogP contribution in [0.5, 0.6) is 0 Å². The first-order valence-electron chi connectivity index (χ1n) is 6.03. The SMILES string of the molecule is C=CCNS(=O)(=O)c1ccc(C(=O)NC(C)CO)cc1. The van der Waals surface area contributed by atoms with E-state index >= 15 is 0 Å². The van der Waals surface area contributed by atoms with Crippen LogP contribution in [0.2, 0.25) is 0 Å². The molecule has 1 unspecified atom stereocenters. The largest absolute Gasteiger partial charge is 0.394 e. The molecule has 7 heteroatoms. The Morgan fingerprint density at radius 1 is 1.40 bits per heavy atom. The van der Waals surface area contributed by atoms with Gasteiger partial charge in [-0.05, 0) is 31.2 Å². The molecule has 0 aliphatic heterocycles. The third-order valence-electron chi connectivity index (χ3n) is 2.50. The van der Waals surface area contributed by atoms with Crippen LogP contribution >= 0.6 is 0 Å². The molecule has 0 heterocycles. The average Bonchev–Trinajstić information content (AvgIpc) is 2.45. The van der Waals surface area contributed by atoms with E-state index in [-0.39, 0.29) is 30.0 Å². The van der Waals surface area contributed by atoms with Gasteiger partial charge in [-0.2, -0.15) is 0 Å². The molecular formula is C13H18N2O4S. The van der Waals surface area contributed by atoms with Crippen molar-refractivity contribution in [3.8, 4) is 0 Å². The van der Waals surface area contributed by atoms with Crippen LogP contribution in [0.25, 0.3) is 0 Å². The van der Waals surface area contributed by atoms with Gasteiger partial charge in [0.25, 0.3) is 5.91 Å². The molecule has 0 aliphatic rings. The number of hydrogen-bond donors (Lipinski definition) is 3. The summed E-state index contributed by atoms with van der Waals surface area (Å²) in [7, 11) is -3.59. The molecular weight excluding hydrogens is 280 g/mol. The summed E-state index contributed by atoms with van der Waals surface area (Å²) in [4.78, 5) is 11.8. The zero-order valence-electron chi connectivity index (χ0n) is 11.2. The molecule has 0 fully saturated rings. The first-order valence-corrected chi connectivity index (χ1v) is 7.51. The second kappa shape index (κ2) is 7.18. The quantitative estimate of drug-likeness (QED) is 0.629. The molecule has 1 aromatic carbocycles. The molecule has 3 N–H and O–H groups in total. The van der Waals surface area contributed by atoms with E-state index in [1.807, 2.05) is 0 Å². The smallest absolute Gasteiger partial charge is 0.251 e. The summed E-state index contributed by atoms with van der Waals surface area (Å²) in [5.74, 6) is -0.366. The van der Waals surface area contributed by atoms with Gasteiger partial charge in [0.05, 0.1) is 11.5 Å². The van der Waals surface area contributed by atoms with Gasteiger partial charge in [-0.15, -0.1) is 6.58 Å². The van der Waals surface area contributed by atoms with Crippen molar-refractivity contribution in [3.63, 3.8) is 0 Å². The monoisotopic (exact) mass is 298 g/mol. The van der Waals surface area contributed by atoms with E-state index in [2.05, 4.69) is 16.6 Å². The number of nitrogens with one attached hydrogen (secondary N) is 2. The lowest BCUT2D eigenvalue weighted by atomic mass is 10.2. The standard InChI is InChI=1S/C13H18N2O4S/c1-3-8-14-20(18,19)12-6-4-11(5-7-12)13(17)15-10(2)9-16/h3-7,10,14,16H,1,8-9H2,2H3,(H,15,17). The van der Waals surface area contributed by atoms with Crippen molar-refractivity contribution in [2.45, 2.75) is 17.9 Å². The van der Waals surface area contributed by atoms with E-state index in [0.717, 1.165) is 0 Å². The second-order valence-corrected chi connectivity index (χ2v) is 5.99. The molecule has 1 rings (SSSR count). The minimum atomic E-state index is -3.59. The number of sulfonamides is 1. The Balaban J connectivity index is 2.83. The van der Waals surface area contributed by atoms with Gasteiger partial charge in [0.15, 0.2) is 0 Å². The maximum atomic E-state index is 11.8. The molecule has 0 aromatic heterocycles. The molecule has 0 saturated carbocycles. The molecule has 0 radical (unpaired) electrons. The Kier molecular flexibility index (Phi) is 5.87. The van der Waals surface area contributed by atoms with Crippen LogP contribution in [0, 0.1) is 0 Å². The van der Waals surface area contributed by atoms with Crippen molar-refractivity contribution in [1.29, 1.82) is 0 Å². The number of benzene rings is 1. The Labute approximate surface area is 118 Å². The van der Waals surface area contributed by atoms with Crippen LogP contribution in [0.3, 0.4) is 0 Å². The van der Waals surface area contributed by atoms with Crippen molar-refractivity contribution in [2.75, 3.05) is 13.2 Å². The number of hydrogen-bond acceptors (Lipinski definition) is 4. The van der Waals surface area contributed by atoms with Gasteiger partial charge in [0.1, 0.15) is 0 Å². The van der Waals surface area contributed by atoms with Gasteiger partial charge in [-0.3, -0.25) is 4.79 Å². The van der Waals surface area contributed by atoms with Crippen molar-refractivity contribution in [3.05, 3.63) is 42.5 Å². The summed E-state index contributed by atoms with van der Waals surface area (Å²) < 4.78 is 25.9. The third kappa shape index (κ3) is 4.44. The van der Waals surface area contributed by atoms with Gasteiger partial charge in [0.2, 0.25) is 10.0 Å². The molecule has 1 amide bonds. The molecule has 110 valence electrons. The first kappa shape index (κ1) is 16.4. The summed E-state index contributed by atoms with van der Waals surface area (Å²) in [6.45, 7) is 5.07. The van der Waals surface area contributed by atoms with Crippen LogP contribution in [0.1, 0.15) is 17.3 Å². The van der Waals surface area contributed by atoms with E-state index in [1.165, 1.54) is 30.3 Å². The normalized spacial score (nSPS) is 12.7. The topological polar surface area (TPSA) is 95.5 Å². The predicted molar refractivity (Wildman–Crippen MR) is 75.8 cm³/mol. The zero-order chi connectivity index (χ0) is 15.2. The van der Waals surface area contributed by atoms with Gasteiger partial charge < -0.3 is 10.4 Å². The molecule has 6 nitrogen and oxygen atoms in total. The van der Waals surface area contributed by atoms with Gasteiger partial charge in [0, 0.05) is 18.2 Å². The number of aliphatic hydroxyl groups excluding tert-OH is 1. The highest BCUT2D eigenvalue weighted by atomic mass is 32.2. The Bertz CT molecular complexity index is 567. The van der Waals surface area contributed by atoms with Crippen molar-refractivity contribution in [1.82, 2.24) is 10.0 Å². The highest BCUT2D eigenvalue weighted by Gasteiger charge is 2.14. The molecule has 1 atom stereocenters. The lowest BCUT2D eigenvalue weighted by Gasteiger charge is -2.11. The summed E-state index contributed by atoms with van der Waals surface area (Å²) >= 11 is 0. The van der Waals surface area contributed by atoms with Crippen molar-refractivity contribution < 1.29 is 18.3 Å². The Morgan fingerprint density at radius 2 is 2.00 bits per heavy atom. The fourth-order valence-electron chi connectivity index (χ4n) is 1.39. The third-order valence-corrected chi connectivity index (χ3v) is 3.94. The molecule has 0 bridgehead atoms. The average molecular weight is 298 g/mol. The molecule has 1 aromatic rings. The number of carbonyl (C=O) groups is 1. The van der Waals surface area contributed by atoms with Crippen molar-refractivity contribution in [2.24, 2.45) is 0 Å². The maximum Gasteiger partial charge on any atom is 0.251 e. The van der Waals surface area contributed by atoms with Crippen molar-refractivity contribution >= 4 is 15.9 Å². The lowest BCUT2D eigenvalue weighted by Crippen LogP contribution is -2.35. The Morgan fingerprint density at radius 3 is 2.50 bits per heavy atom. The van der Waals surface area contributed by atoms with Crippen LogP contribution < -0.4 is 10.0 Å². The number of carbonyl (C=O) groups excluding carboxylic acids is 1. The summed E-state index contributed by atoms with van der Waals surface area (Å²) in [5, 5.41) is 11.4. The number of amides is 1. The van der Waals surface area contributed by atoms with E-state index in [1.54, 1.807) is 6.92 Å². The summed E-state index contributed by atoms with van der Waals surface area (Å²) in [6.07, 6.45) is 1.44. The summed E-state index contributed by atoms with van der Waals surface area (Å²) in [5.41, 5.74) is 0.327. The summed E-state index contributed by atoms with van der Waals surface area (Å²) in [6, 6.07) is 5.18. The van der Waals surface area contributed by atoms with E-state index in [0.29, 0.717) is 5.56 Å². The van der Waals surface area contributed by atoms with E-state index in [4.69, 9.17) is 5.11 Å². The molecule has 0 spiro atoms. The maximum absolute atomic E-state index is 11.8.